The molecule has 0 unspecified atom stereocenters. The maximum Gasteiger partial charge on any atom is 0.0966 e. The van der Waals surface area contributed by atoms with E-state index >= 15 is 0 Å². The van der Waals surface area contributed by atoms with Crippen LogP contribution in [-0.4, -0.2) is 15.8 Å². The molecule has 1 heterocycles. The predicted molar refractivity (Wildman–Crippen MR) is 51.7 cm³/mol. The minimum absolute atomic E-state index is 0.117. The molecule has 0 aliphatic carbocycles. The molecule has 0 radical (unpaired) electrons. The molecule has 0 aliphatic heterocycles. The lowest BCUT2D eigenvalue weighted by Crippen LogP contribution is -2.14. The van der Waals surface area contributed by atoms with Crippen LogP contribution < -0.4 is 5.73 Å². The quantitative estimate of drug-likeness (QED) is 0.537. The maximum absolute atomic E-state index is 7.08. The van der Waals surface area contributed by atoms with Crippen molar-refractivity contribution in [2.75, 3.05) is 0 Å². The van der Waals surface area contributed by atoms with Gasteiger partial charge in [-0.15, -0.1) is 0 Å². The van der Waals surface area contributed by atoms with Gasteiger partial charge in [0.15, 0.2) is 0 Å². The SMILES string of the molecule is CC(C)c1cnc(CC(=N)N)cn1. The van der Waals surface area contributed by atoms with Gasteiger partial charge in [0.05, 0.1) is 17.2 Å². The molecule has 0 bridgehead atoms. The molecule has 4 nitrogen and oxygen atoms in total. The van der Waals surface area contributed by atoms with Crippen molar-refractivity contribution < 1.29 is 0 Å². The van der Waals surface area contributed by atoms with Gasteiger partial charge in [-0.05, 0) is 5.92 Å². The number of nitrogens with two attached hydrogens (primary N) is 1. The predicted octanol–water partition coefficient (Wildman–Crippen LogP) is 1.08. The highest BCUT2D eigenvalue weighted by atomic mass is 14.8. The van der Waals surface area contributed by atoms with Gasteiger partial charge in [0.1, 0.15) is 0 Å². The summed E-state index contributed by atoms with van der Waals surface area (Å²) in [6.07, 6.45) is 3.80. The summed E-state index contributed by atoms with van der Waals surface area (Å²) in [5.74, 6) is 0.505. The molecule has 0 fully saturated rings. The first kappa shape index (κ1) is 9.64. The fourth-order valence-corrected chi connectivity index (χ4v) is 0.949. The average Bonchev–Trinajstić information content (AvgIpc) is 2.04. The van der Waals surface area contributed by atoms with Crippen LogP contribution in [0.5, 0.6) is 0 Å². The van der Waals surface area contributed by atoms with Crippen LogP contribution in [0.3, 0.4) is 0 Å². The number of aromatic nitrogens is 2. The molecule has 0 saturated carbocycles. The third-order valence-electron chi connectivity index (χ3n) is 1.69. The summed E-state index contributed by atoms with van der Waals surface area (Å²) in [5.41, 5.74) is 6.95. The molecule has 0 spiro atoms. The Morgan fingerprint density at radius 1 is 1.46 bits per heavy atom. The van der Waals surface area contributed by atoms with E-state index in [-0.39, 0.29) is 5.84 Å². The molecule has 13 heavy (non-hydrogen) atoms. The van der Waals surface area contributed by atoms with Crippen LogP contribution in [0.25, 0.3) is 0 Å². The number of nitrogens with one attached hydrogen (secondary N) is 1. The summed E-state index contributed by atoms with van der Waals surface area (Å²) < 4.78 is 0. The van der Waals surface area contributed by atoms with Crippen molar-refractivity contribution >= 4 is 5.84 Å². The molecule has 3 N–H and O–H groups in total. The van der Waals surface area contributed by atoms with Crippen LogP contribution in [-0.2, 0) is 6.42 Å². The van der Waals surface area contributed by atoms with Gasteiger partial charge < -0.3 is 5.73 Å². The van der Waals surface area contributed by atoms with Crippen LogP contribution in [0.15, 0.2) is 12.4 Å². The first-order valence-corrected chi connectivity index (χ1v) is 4.23. The Morgan fingerprint density at radius 2 is 2.15 bits per heavy atom. The van der Waals surface area contributed by atoms with Gasteiger partial charge in [0.25, 0.3) is 0 Å². The lowest BCUT2D eigenvalue weighted by atomic mass is 10.1. The van der Waals surface area contributed by atoms with Crippen molar-refractivity contribution in [2.24, 2.45) is 5.73 Å². The summed E-state index contributed by atoms with van der Waals surface area (Å²) in [6, 6.07) is 0. The van der Waals surface area contributed by atoms with Gasteiger partial charge in [-0.2, -0.15) is 0 Å². The topological polar surface area (TPSA) is 75.7 Å². The summed E-state index contributed by atoms with van der Waals surface area (Å²) in [4.78, 5) is 8.37. The van der Waals surface area contributed by atoms with Gasteiger partial charge in [-0.25, -0.2) is 0 Å². The molecular weight excluding hydrogens is 164 g/mol. The number of amidine groups is 1. The average molecular weight is 178 g/mol. The highest BCUT2D eigenvalue weighted by molar-refractivity contribution is 5.78. The zero-order valence-electron chi connectivity index (χ0n) is 7.91. The van der Waals surface area contributed by atoms with E-state index in [1.54, 1.807) is 12.4 Å². The highest BCUT2D eigenvalue weighted by Crippen LogP contribution is 2.08. The van der Waals surface area contributed by atoms with Crippen LogP contribution in [0, 0.1) is 5.41 Å². The lowest BCUT2D eigenvalue weighted by Gasteiger charge is -2.03. The number of nitrogens with zero attached hydrogens (tertiary/aromatic N) is 2. The molecule has 0 amide bonds. The van der Waals surface area contributed by atoms with E-state index in [9.17, 15) is 0 Å². The molecule has 70 valence electrons. The van der Waals surface area contributed by atoms with E-state index in [0.717, 1.165) is 11.4 Å². The van der Waals surface area contributed by atoms with Crippen molar-refractivity contribution in [3.63, 3.8) is 0 Å². The number of rotatable bonds is 3. The van der Waals surface area contributed by atoms with Crippen molar-refractivity contribution in [3.8, 4) is 0 Å². The molecule has 4 heteroatoms. The van der Waals surface area contributed by atoms with Gasteiger partial charge >= 0.3 is 0 Å². The zero-order chi connectivity index (χ0) is 9.84. The Hall–Kier alpha value is -1.45. The normalized spacial score (nSPS) is 10.4. The van der Waals surface area contributed by atoms with Crippen LogP contribution in [0.2, 0.25) is 0 Å². The largest absolute Gasteiger partial charge is 0.387 e. The fourth-order valence-electron chi connectivity index (χ4n) is 0.949. The van der Waals surface area contributed by atoms with Crippen LogP contribution in [0.1, 0.15) is 31.2 Å². The summed E-state index contributed by atoms with van der Waals surface area (Å²) in [7, 11) is 0. The Bertz CT molecular complexity index is 289. The lowest BCUT2D eigenvalue weighted by molar-refractivity contribution is 0.805. The van der Waals surface area contributed by atoms with Crippen LogP contribution in [0.4, 0.5) is 0 Å². The standard InChI is InChI=1S/C9H14N4/c1-6(2)8-5-12-7(4-13-8)3-9(10)11/h4-6H,3H2,1-2H3,(H3,10,11). The third-order valence-corrected chi connectivity index (χ3v) is 1.69. The van der Waals surface area contributed by atoms with E-state index in [4.69, 9.17) is 11.1 Å². The maximum atomic E-state index is 7.08. The van der Waals surface area contributed by atoms with Crippen LogP contribution >= 0.6 is 0 Å². The van der Waals surface area contributed by atoms with Gasteiger partial charge in [-0.3, -0.25) is 15.4 Å². The summed E-state index contributed by atoms with van der Waals surface area (Å²) >= 11 is 0. The van der Waals surface area contributed by atoms with E-state index in [0.29, 0.717) is 12.3 Å². The second-order valence-electron chi connectivity index (χ2n) is 3.29. The minimum Gasteiger partial charge on any atom is -0.387 e. The smallest absolute Gasteiger partial charge is 0.0966 e. The van der Waals surface area contributed by atoms with Crippen molar-refractivity contribution in [1.82, 2.24) is 9.97 Å². The Balaban J connectivity index is 2.75. The van der Waals surface area contributed by atoms with Crippen molar-refractivity contribution in [2.45, 2.75) is 26.2 Å². The zero-order valence-corrected chi connectivity index (χ0v) is 7.91. The first-order valence-electron chi connectivity index (χ1n) is 4.23. The Labute approximate surface area is 77.7 Å². The van der Waals surface area contributed by atoms with E-state index < -0.39 is 0 Å². The van der Waals surface area contributed by atoms with Crippen molar-refractivity contribution in [1.29, 1.82) is 5.41 Å². The molecule has 0 aliphatic rings. The first-order chi connectivity index (χ1) is 6.09. The Kier molecular flexibility index (Phi) is 2.95. The molecule has 0 aromatic carbocycles. The number of hydrogen-bond donors (Lipinski definition) is 2. The second-order valence-corrected chi connectivity index (χ2v) is 3.29. The molecule has 1 aromatic heterocycles. The van der Waals surface area contributed by atoms with E-state index in [1.807, 2.05) is 0 Å². The third kappa shape index (κ3) is 2.82. The van der Waals surface area contributed by atoms with Crippen molar-refractivity contribution in [3.05, 3.63) is 23.8 Å². The summed E-state index contributed by atoms with van der Waals surface area (Å²) in [5, 5.41) is 7.08. The number of hydrogen-bond acceptors (Lipinski definition) is 3. The fraction of sp³-hybridized carbons (Fsp3) is 0.444. The van der Waals surface area contributed by atoms with Gasteiger partial charge in [-0.1, -0.05) is 13.8 Å². The van der Waals surface area contributed by atoms with Gasteiger partial charge in [0, 0.05) is 18.8 Å². The second kappa shape index (κ2) is 3.98. The summed E-state index contributed by atoms with van der Waals surface area (Å²) in [6.45, 7) is 4.13. The molecule has 1 aromatic rings. The highest BCUT2D eigenvalue weighted by Gasteiger charge is 2.02. The monoisotopic (exact) mass is 178 g/mol. The van der Waals surface area contributed by atoms with Gasteiger partial charge in [0.2, 0.25) is 0 Å². The van der Waals surface area contributed by atoms with E-state index in [2.05, 4.69) is 23.8 Å². The molecular formula is C9H14N4. The molecule has 1 rings (SSSR count). The van der Waals surface area contributed by atoms with E-state index in [1.165, 1.54) is 0 Å². The minimum atomic E-state index is 0.117. The Morgan fingerprint density at radius 3 is 2.54 bits per heavy atom. The molecule has 0 atom stereocenters. The molecule has 0 saturated heterocycles.